The summed E-state index contributed by atoms with van der Waals surface area (Å²) in [5.74, 6) is 0. The fourth-order valence-corrected chi connectivity index (χ4v) is 3.03. The third-order valence-corrected chi connectivity index (χ3v) is 4.24. The molecule has 0 radical (unpaired) electrons. The van der Waals surface area contributed by atoms with Crippen molar-refractivity contribution in [3.63, 3.8) is 0 Å². The SMILES string of the molecule is Clc1ccc(-c2cccc(Sc3ccccc3)c2)cc1. The zero-order chi connectivity index (χ0) is 13.8. The molecule has 0 heterocycles. The second-order valence-electron chi connectivity index (χ2n) is 4.45. The first-order chi connectivity index (χ1) is 9.81. The van der Waals surface area contributed by atoms with Crippen LogP contribution in [-0.4, -0.2) is 0 Å². The van der Waals surface area contributed by atoms with Gasteiger partial charge in [-0.1, -0.05) is 65.8 Å². The molecule has 0 saturated heterocycles. The lowest BCUT2D eigenvalue weighted by molar-refractivity contribution is 1.40. The Labute approximate surface area is 128 Å². The van der Waals surface area contributed by atoms with Crippen molar-refractivity contribution in [2.24, 2.45) is 0 Å². The molecule has 0 unspecified atom stereocenters. The lowest BCUT2D eigenvalue weighted by Gasteiger charge is -2.06. The minimum Gasteiger partial charge on any atom is -0.0901 e. The van der Waals surface area contributed by atoms with Crippen LogP contribution >= 0.6 is 23.4 Å². The van der Waals surface area contributed by atoms with Crippen LogP contribution in [0.4, 0.5) is 0 Å². The quantitative estimate of drug-likeness (QED) is 0.558. The third-order valence-electron chi connectivity index (χ3n) is 2.99. The van der Waals surface area contributed by atoms with Crippen molar-refractivity contribution in [3.8, 4) is 11.1 Å². The summed E-state index contributed by atoms with van der Waals surface area (Å²) >= 11 is 7.71. The summed E-state index contributed by atoms with van der Waals surface area (Å²) in [5.41, 5.74) is 2.40. The smallest absolute Gasteiger partial charge is 0.0406 e. The highest BCUT2D eigenvalue weighted by atomic mass is 35.5. The maximum absolute atomic E-state index is 5.93. The number of rotatable bonds is 3. The van der Waals surface area contributed by atoms with E-state index in [0.29, 0.717) is 0 Å². The molecular formula is C18H13ClS. The monoisotopic (exact) mass is 296 g/mol. The van der Waals surface area contributed by atoms with E-state index in [9.17, 15) is 0 Å². The van der Waals surface area contributed by atoms with Crippen molar-refractivity contribution < 1.29 is 0 Å². The van der Waals surface area contributed by atoms with Crippen molar-refractivity contribution in [2.45, 2.75) is 9.79 Å². The number of hydrogen-bond donors (Lipinski definition) is 0. The molecule has 0 aliphatic carbocycles. The molecular weight excluding hydrogens is 284 g/mol. The molecule has 3 aromatic rings. The first-order valence-corrected chi connectivity index (χ1v) is 7.60. The van der Waals surface area contributed by atoms with Gasteiger partial charge in [-0.2, -0.15) is 0 Å². The summed E-state index contributed by atoms with van der Waals surface area (Å²) in [6.07, 6.45) is 0. The molecule has 3 aromatic carbocycles. The van der Waals surface area contributed by atoms with Crippen LogP contribution in [0.2, 0.25) is 5.02 Å². The number of hydrogen-bond acceptors (Lipinski definition) is 1. The van der Waals surface area contributed by atoms with Crippen LogP contribution in [0.15, 0.2) is 88.7 Å². The molecule has 0 bridgehead atoms. The van der Waals surface area contributed by atoms with Gasteiger partial charge in [0, 0.05) is 14.8 Å². The molecule has 3 rings (SSSR count). The van der Waals surface area contributed by atoms with Crippen molar-refractivity contribution in [3.05, 3.63) is 83.9 Å². The van der Waals surface area contributed by atoms with Crippen molar-refractivity contribution in [1.29, 1.82) is 0 Å². The largest absolute Gasteiger partial charge is 0.0901 e. The van der Waals surface area contributed by atoms with Crippen LogP contribution in [0.1, 0.15) is 0 Å². The van der Waals surface area contributed by atoms with E-state index in [1.54, 1.807) is 11.8 Å². The fraction of sp³-hybridized carbons (Fsp3) is 0. The van der Waals surface area contributed by atoms with Crippen molar-refractivity contribution in [1.82, 2.24) is 0 Å². The summed E-state index contributed by atoms with van der Waals surface area (Å²) in [7, 11) is 0. The summed E-state index contributed by atoms with van der Waals surface area (Å²) in [6.45, 7) is 0. The molecule has 0 N–H and O–H groups in total. The molecule has 0 aromatic heterocycles. The van der Waals surface area contributed by atoms with Gasteiger partial charge in [0.1, 0.15) is 0 Å². The Morgan fingerprint density at radius 1 is 0.600 bits per heavy atom. The molecule has 2 heteroatoms. The van der Waals surface area contributed by atoms with Crippen LogP contribution in [0.3, 0.4) is 0 Å². The minimum absolute atomic E-state index is 0.767. The van der Waals surface area contributed by atoms with Gasteiger partial charge in [0.05, 0.1) is 0 Å². The van der Waals surface area contributed by atoms with Gasteiger partial charge < -0.3 is 0 Å². The Kier molecular flexibility index (Phi) is 4.10. The molecule has 0 spiro atoms. The maximum Gasteiger partial charge on any atom is 0.0406 e. The van der Waals surface area contributed by atoms with E-state index in [1.165, 1.54) is 20.9 Å². The maximum atomic E-state index is 5.93. The lowest BCUT2D eigenvalue weighted by atomic mass is 10.1. The van der Waals surface area contributed by atoms with Crippen LogP contribution in [-0.2, 0) is 0 Å². The van der Waals surface area contributed by atoms with Gasteiger partial charge >= 0.3 is 0 Å². The Bertz CT molecular complexity index is 690. The van der Waals surface area contributed by atoms with Gasteiger partial charge in [0.25, 0.3) is 0 Å². The van der Waals surface area contributed by atoms with E-state index in [4.69, 9.17) is 11.6 Å². The van der Waals surface area contributed by atoms with Gasteiger partial charge in [-0.05, 0) is 47.5 Å². The van der Waals surface area contributed by atoms with Crippen LogP contribution in [0.5, 0.6) is 0 Å². The predicted molar refractivity (Wildman–Crippen MR) is 87.5 cm³/mol. The predicted octanol–water partition coefficient (Wildman–Crippen LogP) is 6.16. The van der Waals surface area contributed by atoms with E-state index in [2.05, 4.69) is 60.7 Å². The van der Waals surface area contributed by atoms with Crippen LogP contribution in [0, 0.1) is 0 Å². The van der Waals surface area contributed by atoms with E-state index in [-0.39, 0.29) is 0 Å². The van der Waals surface area contributed by atoms with Crippen molar-refractivity contribution >= 4 is 23.4 Å². The Balaban J connectivity index is 1.88. The van der Waals surface area contributed by atoms with E-state index < -0.39 is 0 Å². The molecule has 0 fully saturated rings. The molecule has 0 atom stereocenters. The molecule has 0 aliphatic heterocycles. The Hall–Kier alpha value is -1.70. The first kappa shape index (κ1) is 13.3. The minimum atomic E-state index is 0.767. The third kappa shape index (κ3) is 3.24. The van der Waals surface area contributed by atoms with Crippen LogP contribution < -0.4 is 0 Å². The van der Waals surface area contributed by atoms with Gasteiger partial charge in [-0.15, -0.1) is 0 Å². The van der Waals surface area contributed by atoms with Crippen molar-refractivity contribution in [2.75, 3.05) is 0 Å². The highest BCUT2D eigenvalue weighted by Gasteiger charge is 2.01. The van der Waals surface area contributed by atoms with E-state index >= 15 is 0 Å². The average Bonchev–Trinajstić information content (AvgIpc) is 2.49. The van der Waals surface area contributed by atoms with Crippen LogP contribution in [0.25, 0.3) is 11.1 Å². The molecule has 0 amide bonds. The summed E-state index contributed by atoms with van der Waals surface area (Å²) in [5, 5.41) is 0.767. The topological polar surface area (TPSA) is 0 Å². The molecule has 0 saturated carbocycles. The molecule has 98 valence electrons. The number of halogens is 1. The van der Waals surface area contributed by atoms with Gasteiger partial charge in [0.2, 0.25) is 0 Å². The normalized spacial score (nSPS) is 10.4. The zero-order valence-corrected chi connectivity index (χ0v) is 12.4. The second-order valence-corrected chi connectivity index (χ2v) is 6.03. The van der Waals surface area contributed by atoms with Gasteiger partial charge in [-0.25, -0.2) is 0 Å². The molecule has 0 nitrogen and oxygen atoms in total. The van der Waals surface area contributed by atoms with E-state index in [1.807, 2.05) is 18.2 Å². The highest BCUT2D eigenvalue weighted by molar-refractivity contribution is 7.99. The Morgan fingerprint density at radius 3 is 2.05 bits per heavy atom. The standard InChI is InChI=1S/C18H13ClS/c19-16-11-9-14(10-12-16)15-5-4-8-18(13-15)20-17-6-2-1-3-7-17/h1-13H. The van der Waals surface area contributed by atoms with Gasteiger partial charge in [-0.3, -0.25) is 0 Å². The second kappa shape index (κ2) is 6.17. The average molecular weight is 297 g/mol. The summed E-state index contributed by atoms with van der Waals surface area (Å²) in [4.78, 5) is 2.49. The zero-order valence-electron chi connectivity index (χ0n) is 10.8. The lowest BCUT2D eigenvalue weighted by Crippen LogP contribution is -1.79. The fourth-order valence-electron chi connectivity index (χ4n) is 2.01. The molecule has 20 heavy (non-hydrogen) atoms. The highest BCUT2D eigenvalue weighted by Crippen LogP contribution is 2.31. The Morgan fingerprint density at radius 2 is 1.30 bits per heavy atom. The molecule has 0 aliphatic rings. The van der Waals surface area contributed by atoms with Gasteiger partial charge in [0.15, 0.2) is 0 Å². The first-order valence-electron chi connectivity index (χ1n) is 6.40. The number of benzene rings is 3. The summed E-state index contributed by atoms with van der Waals surface area (Å²) in [6, 6.07) is 26.9. The summed E-state index contributed by atoms with van der Waals surface area (Å²) < 4.78 is 0. The van der Waals surface area contributed by atoms with E-state index in [0.717, 1.165) is 5.02 Å².